The summed E-state index contributed by atoms with van der Waals surface area (Å²) >= 11 is 0. The van der Waals surface area contributed by atoms with E-state index < -0.39 is 10.0 Å². The van der Waals surface area contributed by atoms with Crippen molar-refractivity contribution in [1.82, 2.24) is 19.4 Å². The Hall–Kier alpha value is -2.19. The number of carbonyl (C=O) groups excluding carboxylic acids is 1. The van der Waals surface area contributed by atoms with E-state index in [0.29, 0.717) is 30.1 Å². The Morgan fingerprint density at radius 1 is 1.16 bits per heavy atom. The van der Waals surface area contributed by atoms with Gasteiger partial charge in [0.1, 0.15) is 0 Å². The van der Waals surface area contributed by atoms with Crippen LogP contribution in [0.15, 0.2) is 41.6 Å². The molecule has 1 aliphatic rings. The number of nitrogens with one attached hydrogen (secondary N) is 1. The van der Waals surface area contributed by atoms with E-state index in [-0.39, 0.29) is 5.91 Å². The lowest BCUT2D eigenvalue weighted by molar-refractivity contribution is 0.0951. The maximum atomic E-state index is 12.6. The molecule has 1 aromatic carbocycles. The monoisotopic (exact) mass is 362 g/mol. The Morgan fingerprint density at radius 2 is 1.84 bits per heavy atom. The van der Waals surface area contributed by atoms with Crippen molar-refractivity contribution in [2.75, 3.05) is 13.1 Å². The van der Waals surface area contributed by atoms with E-state index in [1.54, 1.807) is 46.5 Å². The third-order valence-corrected chi connectivity index (χ3v) is 6.21. The maximum absolute atomic E-state index is 12.6. The Labute approximate surface area is 147 Å². The largest absolute Gasteiger partial charge is 0.348 e. The van der Waals surface area contributed by atoms with E-state index in [4.69, 9.17) is 0 Å². The van der Waals surface area contributed by atoms with Gasteiger partial charge in [0.15, 0.2) is 0 Å². The predicted molar refractivity (Wildman–Crippen MR) is 93.4 cm³/mol. The second-order valence-corrected chi connectivity index (χ2v) is 8.13. The van der Waals surface area contributed by atoms with E-state index in [1.165, 1.54) is 6.20 Å². The first kappa shape index (κ1) is 17.6. The summed E-state index contributed by atoms with van der Waals surface area (Å²) in [6.45, 7) is 1.51. The van der Waals surface area contributed by atoms with Crippen molar-refractivity contribution in [3.63, 3.8) is 0 Å². The molecule has 2 aromatic rings. The molecule has 134 valence electrons. The zero-order chi connectivity index (χ0) is 17.9. The average molecular weight is 362 g/mol. The van der Waals surface area contributed by atoms with Crippen molar-refractivity contribution in [2.45, 2.75) is 30.7 Å². The molecule has 0 unspecified atom stereocenters. The van der Waals surface area contributed by atoms with E-state index in [1.807, 2.05) is 0 Å². The molecule has 0 aliphatic carbocycles. The molecule has 1 amide bonds. The number of rotatable bonds is 5. The average Bonchev–Trinajstić information content (AvgIpc) is 3.07. The summed E-state index contributed by atoms with van der Waals surface area (Å²) in [6.07, 6.45) is 6.06. The summed E-state index contributed by atoms with van der Waals surface area (Å²) in [6, 6.07) is 6.69. The van der Waals surface area contributed by atoms with Crippen LogP contribution in [0.1, 0.15) is 35.2 Å². The number of aromatic nitrogens is 2. The third-order valence-electron chi connectivity index (χ3n) is 4.30. The molecule has 0 atom stereocenters. The Kier molecular flexibility index (Phi) is 5.19. The van der Waals surface area contributed by atoms with Gasteiger partial charge >= 0.3 is 0 Å². The van der Waals surface area contributed by atoms with Crippen LogP contribution in [0.2, 0.25) is 0 Å². The van der Waals surface area contributed by atoms with Gasteiger partial charge in [0.25, 0.3) is 5.91 Å². The van der Waals surface area contributed by atoms with Crippen LogP contribution < -0.4 is 5.32 Å². The lowest BCUT2D eigenvalue weighted by Gasteiger charge is -2.25. The van der Waals surface area contributed by atoms with Crippen molar-refractivity contribution in [3.05, 3.63) is 47.8 Å². The van der Waals surface area contributed by atoms with E-state index in [2.05, 4.69) is 10.4 Å². The number of piperidine rings is 1. The van der Waals surface area contributed by atoms with Gasteiger partial charge in [0, 0.05) is 32.9 Å². The highest BCUT2D eigenvalue weighted by Gasteiger charge is 2.25. The molecule has 0 radical (unpaired) electrons. The number of carbonyl (C=O) groups is 1. The van der Waals surface area contributed by atoms with Gasteiger partial charge < -0.3 is 5.32 Å². The Morgan fingerprint density at radius 3 is 2.44 bits per heavy atom. The highest BCUT2D eigenvalue weighted by Crippen LogP contribution is 2.20. The number of sulfonamides is 1. The number of hydrogen-bond acceptors (Lipinski definition) is 4. The highest BCUT2D eigenvalue weighted by atomic mass is 32.2. The summed E-state index contributed by atoms with van der Waals surface area (Å²) in [5.74, 6) is -0.210. The lowest BCUT2D eigenvalue weighted by Crippen LogP contribution is -2.35. The number of hydrogen-bond donors (Lipinski definition) is 1. The molecule has 1 aromatic heterocycles. The zero-order valence-electron chi connectivity index (χ0n) is 14.2. The van der Waals surface area contributed by atoms with Crippen LogP contribution in [0.5, 0.6) is 0 Å². The number of nitrogens with zero attached hydrogens (tertiary/aromatic N) is 3. The lowest BCUT2D eigenvalue weighted by atomic mass is 10.2. The highest BCUT2D eigenvalue weighted by molar-refractivity contribution is 7.89. The Bertz CT molecular complexity index is 837. The summed E-state index contributed by atoms with van der Waals surface area (Å²) in [5, 5.41) is 6.76. The zero-order valence-corrected chi connectivity index (χ0v) is 15.0. The molecule has 1 saturated heterocycles. The van der Waals surface area contributed by atoms with E-state index in [0.717, 1.165) is 24.8 Å². The van der Waals surface area contributed by atoms with Crippen LogP contribution in [0, 0.1) is 0 Å². The second-order valence-electron chi connectivity index (χ2n) is 6.19. The molecular formula is C17H22N4O3S. The normalized spacial score (nSPS) is 15.9. The van der Waals surface area contributed by atoms with Crippen molar-refractivity contribution in [3.8, 4) is 0 Å². The van der Waals surface area contributed by atoms with Crippen LogP contribution in [-0.4, -0.2) is 41.5 Å². The van der Waals surface area contributed by atoms with Crippen molar-refractivity contribution in [1.29, 1.82) is 0 Å². The van der Waals surface area contributed by atoms with Crippen molar-refractivity contribution in [2.24, 2.45) is 7.05 Å². The molecule has 1 aliphatic heterocycles. The molecule has 0 spiro atoms. The Balaban J connectivity index is 1.63. The fraction of sp³-hybridized carbons (Fsp3) is 0.412. The first-order valence-electron chi connectivity index (χ1n) is 8.33. The van der Waals surface area contributed by atoms with Gasteiger partial charge in [-0.05, 0) is 30.5 Å². The van der Waals surface area contributed by atoms with Gasteiger partial charge in [-0.25, -0.2) is 8.42 Å². The maximum Gasteiger partial charge on any atom is 0.254 e. The van der Waals surface area contributed by atoms with Crippen LogP contribution in [-0.2, 0) is 23.6 Å². The van der Waals surface area contributed by atoms with Crippen LogP contribution >= 0.6 is 0 Å². The van der Waals surface area contributed by atoms with Gasteiger partial charge in [-0.2, -0.15) is 9.40 Å². The molecule has 25 heavy (non-hydrogen) atoms. The standard InChI is InChI=1S/C17H22N4O3S/c1-20-13-15(12-19-20)17(22)18-11-14-5-7-16(8-6-14)25(23,24)21-9-3-2-4-10-21/h5-8,12-13H,2-4,9-11H2,1H3,(H,18,22). The van der Waals surface area contributed by atoms with E-state index in [9.17, 15) is 13.2 Å². The van der Waals surface area contributed by atoms with Gasteiger partial charge in [0.2, 0.25) is 10.0 Å². The van der Waals surface area contributed by atoms with Gasteiger partial charge in [-0.15, -0.1) is 0 Å². The molecule has 7 nitrogen and oxygen atoms in total. The number of benzene rings is 1. The number of aryl methyl sites for hydroxylation is 1. The minimum absolute atomic E-state index is 0.210. The van der Waals surface area contributed by atoms with Crippen molar-refractivity contribution >= 4 is 15.9 Å². The van der Waals surface area contributed by atoms with E-state index >= 15 is 0 Å². The molecule has 0 bridgehead atoms. The first-order chi connectivity index (χ1) is 12.0. The SMILES string of the molecule is Cn1cc(C(=O)NCc2ccc(S(=O)(=O)N3CCCCC3)cc2)cn1. The van der Waals surface area contributed by atoms with Crippen LogP contribution in [0.3, 0.4) is 0 Å². The molecule has 1 fully saturated rings. The summed E-state index contributed by atoms with van der Waals surface area (Å²) in [4.78, 5) is 12.3. The molecule has 0 saturated carbocycles. The number of amides is 1. The molecule has 2 heterocycles. The quantitative estimate of drug-likeness (QED) is 0.874. The second kappa shape index (κ2) is 7.37. The van der Waals surface area contributed by atoms with Gasteiger partial charge in [0.05, 0.1) is 16.7 Å². The smallest absolute Gasteiger partial charge is 0.254 e. The molecule has 1 N–H and O–H groups in total. The molecule has 8 heteroatoms. The first-order valence-corrected chi connectivity index (χ1v) is 9.77. The summed E-state index contributed by atoms with van der Waals surface area (Å²) in [7, 11) is -1.67. The fourth-order valence-corrected chi connectivity index (χ4v) is 4.37. The minimum atomic E-state index is -3.42. The summed E-state index contributed by atoms with van der Waals surface area (Å²) < 4.78 is 28.3. The van der Waals surface area contributed by atoms with Gasteiger partial charge in [-0.3, -0.25) is 9.48 Å². The topological polar surface area (TPSA) is 84.3 Å². The predicted octanol–water partition coefficient (Wildman–Crippen LogP) is 1.52. The van der Waals surface area contributed by atoms with Crippen molar-refractivity contribution < 1.29 is 13.2 Å². The third kappa shape index (κ3) is 4.08. The van der Waals surface area contributed by atoms with Gasteiger partial charge in [-0.1, -0.05) is 18.6 Å². The molecular weight excluding hydrogens is 340 g/mol. The summed E-state index contributed by atoms with van der Waals surface area (Å²) in [5.41, 5.74) is 1.33. The van der Waals surface area contributed by atoms with Crippen LogP contribution in [0.25, 0.3) is 0 Å². The molecule has 3 rings (SSSR count). The van der Waals surface area contributed by atoms with Crippen LogP contribution in [0.4, 0.5) is 0 Å². The fourth-order valence-electron chi connectivity index (χ4n) is 2.86. The minimum Gasteiger partial charge on any atom is -0.348 e.